The summed E-state index contributed by atoms with van der Waals surface area (Å²) in [4.78, 5) is 14.3. The number of ketones is 1. The van der Waals surface area contributed by atoms with Gasteiger partial charge in [-0.05, 0) is 25.9 Å². The van der Waals surface area contributed by atoms with E-state index in [-0.39, 0.29) is 5.78 Å². The van der Waals surface area contributed by atoms with E-state index in [4.69, 9.17) is 0 Å². The molecule has 84 valence electrons. The van der Waals surface area contributed by atoms with Crippen LogP contribution in [0.3, 0.4) is 0 Å². The SMILES string of the molecule is C=C(CN1CCCC1)C(=O)c1ccccc1. The summed E-state index contributed by atoms with van der Waals surface area (Å²) in [6.07, 6.45) is 2.49. The first-order chi connectivity index (χ1) is 7.77. The van der Waals surface area contributed by atoms with Crippen molar-refractivity contribution in [3.63, 3.8) is 0 Å². The number of hydrogen-bond acceptors (Lipinski definition) is 2. The minimum absolute atomic E-state index is 0.0764. The van der Waals surface area contributed by atoms with Crippen LogP contribution < -0.4 is 0 Å². The minimum Gasteiger partial charge on any atom is -0.299 e. The molecule has 0 aromatic heterocycles. The average Bonchev–Trinajstić information content (AvgIpc) is 2.82. The maximum absolute atomic E-state index is 12.0. The molecule has 0 saturated carbocycles. The van der Waals surface area contributed by atoms with Crippen LogP contribution >= 0.6 is 0 Å². The van der Waals surface area contributed by atoms with E-state index in [0.29, 0.717) is 12.1 Å². The Morgan fingerprint density at radius 2 is 1.81 bits per heavy atom. The molecule has 0 aliphatic carbocycles. The van der Waals surface area contributed by atoms with Gasteiger partial charge in [-0.25, -0.2) is 0 Å². The number of benzene rings is 1. The Balaban J connectivity index is 1.97. The molecule has 16 heavy (non-hydrogen) atoms. The molecule has 1 aliphatic heterocycles. The van der Waals surface area contributed by atoms with Gasteiger partial charge in [0.05, 0.1) is 0 Å². The highest BCUT2D eigenvalue weighted by Crippen LogP contribution is 2.12. The van der Waals surface area contributed by atoms with Gasteiger partial charge < -0.3 is 0 Å². The van der Waals surface area contributed by atoms with Crippen LogP contribution in [0, 0.1) is 0 Å². The Bertz CT molecular complexity index is 377. The van der Waals surface area contributed by atoms with Crippen LogP contribution in [-0.4, -0.2) is 30.3 Å². The molecule has 1 aromatic carbocycles. The van der Waals surface area contributed by atoms with Gasteiger partial charge in [0, 0.05) is 17.7 Å². The van der Waals surface area contributed by atoms with Gasteiger partial charge in [-0.3, -0.25) is 9.69 Å². The largest absolute Gasteiger partial charge is 0.299 e. The summed E-state index contributed by atoms with van der Waals surface area (Å²) in [7, 11) is 0. The predicted molar refractivity (Wildman–Crippen MR) is 65.6 cm³/mol. The fourth-order valence-corrected chi connectivity index (χ4v) is 2.08. The quantitative estimate of drug-likeness (QED) is 0.568. The van der Waals surface area contributed by atoms with E-state index >= 15 is 0 Å². The van der Waals surface area contributed by atoms with Crippen molar-refractivity contribution < 1.29 is 4.79 Å². The molecular weight excluding hydrogens is 198 g/mol. The molecule has 1 saturated heterocycles. The Hall–Kier alpha value is -1.41. The number of likely N-dealkylation sites (tertiary alicyclic amines) is 1. The van der Waals surface area contributed by atoms with E-state index in [2.05, 4.69) is 11.5 Å². The van der Waals surface area contributed by atoms with Crippen molar-refractivity contribution in [2.45, 2.75) is 12.8 Å². The molecule has 1 heterocycles. The first kappa shape index (κ1) is 11.1. The summed E-state index contributed by atoms with van der Waals surface area (Å²) in [5, 5.41) is 0. The molecule has 0 spiro atoms. The summed E-state index contributed by atoms with van der Waals surface area (Å²) < 4.78 is 0. The third-order valence-corrected chi connectivity index (χ3v) is 2.97. The molecule has 1 aromatic rings. The molecule has 1 fully saturated rings. The summed E-state index contributed by atoms with van der Waals surface area (Å²) in [5.74, 6) is 0.0764. The highest BCUT2D eigenvalue weighted by molar-refractivity contribution is 6.08. The Morgan fingerprint density at radius 1 is 1.19 bits per heavy atom. The third kappa shape index (κ3) is 2.58. The van der Waals surface area contributed by atoms with Crippen LogP contribution in [-0.2, 0) is 0 Å². The van der Waals surface area contributed by atoms with E-state index in [9.17, 15) is 4.79 Å². The van der Waals surface area contributed by atoms with Gasteiger partial charge in [-0.2, -0.15) is 0 Å². The number of rotatable bonds is 4. The smallest absolute Gasteiger partial charge is 0.189 e. The van der Waals surface area contributed by atoms with Gasteiger partial charge in [0.15, 0.2) is 5.78 Å². The predicted octanol–water partition coefficient (Wildman–Crippen LogP) is 2.52. The van der Waals surface area contributed by atoms with Crippen molar-refractivity contribution in [1.82, 2.24) is 4.90 Å². The van der Waals surface area contributed by atoms with Crippen LogP contribution in [0.15, 0.2) is 42.5 Å². The van der Waals surface area contributed by atoms with Gasteiger partial charge in [0.2, 0.25) is 0 Å². The lowest BCUT2D eigenvalue weighted by atomic mass is 10.0. The summed E-state index contributed by atoms with van der Waals surface area (Å²) in [6.45, 7) is 6.82. The van der Waals surface area contributed by atoms with Gasteiger partial charge in [-0.1, -0.05) is 36.9 Å². The number of nitrogens with zero attached hydrogens (tertiary/aromatic N) is 1. The van der Waals surface area contributed by atoms with Gasteiger partial charge in [0.25, 0.3) is 0 Å². The summed E-state index contributed by atoms with van der Waals surface area (Å²) >= 11 is 0. The van der Waals surface area contributed by atoms with Crippen molar-refractivity contribution in [2.75, 3.05) is 19.6 Å². The van der Waals surface area contributed by atoms with Crippen molar-refractivity contribution >= 4 is 5.78 Å². The molecule has 0 unspecified atom stereocenters. The Kier molecular flexibility index (Phi) is 3.52. The van der Waals surface area contributed by atoms with Crippen LogP contribution in [0.2, 0.25) is 0 Å². The zero-order chi connectivity index (χ0) is 11.4. The number of Topliss-reactive ketones (excluding diaryl/α,β-unsaturated/α-hetero) is 1. The molecule has 2 heteroatoms. The lowest BCUT2D eigenvalue weighted by molar-refractivity contribution is 0.102. The van der Waals surface area contributed by atoms with Crippen LogP contribution in [0.4, 0.5) is 0 Å². The normalized spacial score (nSPS) is 16.2. The van der Waals surface area contributed by atoms with E-state index in [1.807, 2.05) is 30.3 Å². The highest BCUT2D eigenvalue weighted by Gasteiger charge is 2.16. The van der Waals surface area contributed by atoms with Crippen molar-refractivity contribution in [3.8, 4) is 0 Å². The van der Waals surface area contributed by atoms with Gasteiger partial charge in [-0.15, -0.1) is 0 Å². The summed E-state index contributed by atoms with van der Waals surface area (Å²) in [6, 6.07) is 9.38. The van der Waals surface area contributed by atoms with Crippen LogP contribution in [0.25, 0.3) is 0 Å². The van der Waals surface area contributed by atoms with Crippen molar-refractivity contribution in [1.29, 1.82) is 0 Å². The molecule has 2 nitrogen and oxygen atoms in total. The monoisotopic (exact) mass is 215 g/mol. The second-order valence-electron chi connectivity index (χ2n) is 4.28. The lowest BCUT2D eigenvalue weighted by Crippen LogP contribution is -2.24. The maximum Gasteiger partial charge on any atom is 0.189 e. The second-order valence-corrected chi connectivity index (χ2v) is 4.28. The molecule has 0 N–H and O–H groups in total. The molecule has 0 radical (unpaired) electrons. The topological polar surface area (TPSA) is 20.3 Å². The highest BCUT2D eigenvalue weighted by atomic mass is 16.1. The zero-order valence-corrected chi connectivity index (χ0v) is 9.48. The zero-order valence-electron chi connectivity index (χ0n) is 9.48. The van der Waals surface area contributed by atoms with E-state index < -0.39 is 0 Å². The van der Waals surface area contributed by atoms with Crippen molar-refractivity contribution in [3.05, 3.63) is 48.0 Å². The van der Waals surface area contributed by atoms with Gasteiger partial charge in [0.1, 0.15) is 0 Å². The first-order valence-corrected chi connectivity index (χ1v) is 5.77. The third-order valence-electron chi connectivity index (χ3n) is 2.97. The van der Waals surface area contributed by atoms with Crippen LogP contribution in [0.5, 0.6) is 0 Å². The van der Waals surface area contributed by atoms with Crippen LogP contribution in [0.1, 0.15) is 23.2 Å². The molecule has 0 atom stereocenters. The standard InChI is InChI=1S/C14H17NO/c1-12(11-15-9-5-6-10-15)14(16)13-7-3-2-4-8-13/h2-4,7-8H,1,5-6,9-11H2. The van der Waals surface area contributed by atoms with Crippen molar-refractivity contribution in [2.24, 2.45) is 0 Å². The van der Waals surface area contributed by atoms with E-state index in [1.165, 1.54) is 12.8 Å². The van der Waals surface area contributed by atoms with E-state index in [0.717, 1.165) is 18.7 Å². The number of carbonyl (C=O) groups is 1. The van der Waals surface area contributed by atoms with E-state index in [1.54, 1.807) is 0 Å². The fraction of sp³-hybridized carbons (Fsp3) is 0.357. The number of hydrogen-bond donors (Lipinski definition) is 0. The second kappa shape index (κ2) is 5.08. The average molecular weight is 215 g/mol. The maximum atomic E-state index is 12.0. The Labute approximate surface area is 96.6 Å². The Morgan fingerprint density at radius 3 is 2.44 bits per heavy atom. The molecule has 0 amide bonds. The summed E-state index contributed by atoms with van der Waals surface area (Å²) in [5.41, 5.74) is 1.44. The molecule has 1 aliphatic rings. The van der Waals surface area contributed by atoms with Gasteiger partial charge >= 0.3 is 0 Å². The molecule has 2 rings (SSSR count). The first-order valence-electron chi connectivity index (χ1n) is 5.77. The lowest BCUT2D eigenvalue weighted by Gasteiger charge is -2.15. The number of carbonyl (C=O) groups excluding carboxylic acids is 1. The molecule has 0 bridgehead atoms. The molecular formula is C14H17NO. The fourth-order valence-electron chi connectivity index (χ4n) is 2.08. The minimum atomic E-state index is 0.0764.